The van der Waals surface area contributed by atoms with Gasteiger partial charge in [-0.3, -0.25) is 9.66 Å². The van der Waals surface area contributed by atoms with Crippen LogP contribution in [0.4, 0.5) is 0 Å². The Kier molecular flexibility index (Phi) is 8.91. The Morgan fingerprint density at radius 1 is 0.738 bits per heavy atom. The van der Waals surface area contributed by atoms with Crippen LogP contribution in [-0.4, -0.2) is 31.1 Å². The van der Waals surface area contributed by atoms with Crippen molar-refractivity contribution in [1.29, 1.82) is 0 Å². The van der Waals surface area contributed by atoms with Crippen LogP contribution in [0.2, 0.25) is 0 Å². The van der Waals surface area contributed by atoms with E-state index in [1.165, 1.54) is 42.5 Å². The smallest absolute Gasteiger partial charge is 0.275 e. The molecule has 0 amide bonds. The molecule has 0 radical (unpaired) electrons. The lowest BCUT2D eigenvalue weighted by Crippen LogP contribution is -2.23. The molecular formula is C31H33N5O4S2. The summed E-state index contributed by atoms with van der Waals surface area (Å²) < 4.78 is 51.7. The number of pyridine rings is 1. The maximum atomic E-state index is 12.3. The largest absolute Gasteiger partial charge is 0.319 e. The molecule has 3 aromatic heterocycles. The van der Waals surface area contributed by atoms with Gasteiger partial charge < -0.3 is 4.57 Å². The highest BCUT2D eigenvalue weighted by atomic mass is 32.2. The summed E-state index contributed by atoms with van der Waals surface area (Å²) in [6, 6.07) is 26.5. The zero-order valence-corrected chi connectivity index (χ0v) is 24.6. The van der Waals surface area contributed by atoms with Gasteiger partial charge >= 0.3 is 0 Å². The van der Waals surface area contributed by atoms with E-state index in [0.29, 0.717) is 11.6 Å². The third-order valence-corrected chi connectivity index (χ3v) is 9.52. The molecule has 1 fully saturated rings. The predicted molar refractivity (Wildman–Crippen MR) is 164 cm³/mol. The van der Waals surface area contributed by atoms with Gasteiger partial charge in [0.05, 0.1) is 16.3 Å². The lowest BCUT2D eigenvalue weighted by Gasteiger charge is -2.24. The van der Waals surface area contributed by atoms with E-state index in [9.17, 15) is 16.8 Å². The number of hydrogen-bond acceptors (Lipinski definition) is 5. The van der Waals surface area contributed by atoms with Crippen molar-refractivity contribution in [1.82, 2.24) is 14.2 Å². The molecule has 42 heavy (non-hydrogen) atoms. The third kappa shape index (κ3) is 6.81. The van der Waals surface area contributed by atoms with Crippen molar-refractivity contribution in [3.63, 3.8) is 0 Å². The second-order valence-corrected chi connectivity index (χ2v) is 13.2. The van der Waals surface area contributed by atoms with E-state index in [2.05, 4.69) is 15.9 Å². The highest BCUT2D eigenvalue weighted by Crippen LogP contribution is 2.35. The summed E-state index contributed by atoms with van der Waals surface area (Å²) in [5.41, 5.74) is 3.46. The first-order chi connectivity index (χ1) is 20.2. The van der Waals surface area contributed by atoms with Crippen molar-refractivity contribution in [2.24, 2.45) is 5.14 Å². The molecule has 1 aliphatic rings. The Morgan fingerprint density at radius 3 is 2.12 bits per heavy atom. The summed E-state index contributed by atoms with van der Waals surface area (Å²) in [4.78, 5) is 6.91. The number of sulfonamides is 2. The minimum absolute atomic E-state index is 0.179. The molecule has 0 atom stereocenters. The van der Waals surface area contributed by atoms with E-state index in [-0.39, 0.29) is 9.79 Å². The average Bonchev–Trinajstić information content (AvgIpc) is 3.68. The molecule has 9 nitrogen and oxygen atoms in total. The van der Waals surface area contributed by atoms with Gasteiger partial charge in [-0.25, -0.2) is 18.4 Å². The molecule has 2 aromatic carbocycles. The fraction of sp³-hybridized carbons (Fsp3) is 0.194. The highest BCUT2D eigenvalue weighted by molar-refractivity contribution is 7.92. The number of nitrogens with two attached hydrogens (primary N) is 1. The summed E-state index contributed by atoms with van der Waals surface area (Å²) in [5.74, 6) is 0.502. The second-order valence-electron chi connectivity index (χ2n) is 10.1. The summed E-state index contributed by atoms with van der Waals surface area (Å²) in [7, 11) is -7.34. The second kappa shape index (κ2) is 12.8. The van der Waals surface area contributed by atoms with Crippen LogP contribution in [0.1, 0.15) is 43.7 Å². The number of nitrogens with zero attached hydrogens (tertiary/aromatic N) is 3. The number of nitrogens with one attached hydrogen (secondary N) is 1. The Bertz CT molecular complexity index is 1830. The minimum atomic E-state index is -3.73. The molecule has 0 saturated heterocycles. The van der Waals surface area contributed by atoms with Crippen LogP contribution in [0, 0.1) is 0 Å². The standard InChI is InChI=1S/C16H20N2O2S.C15H13N3O2S/c17-21(19,20)16-11-5-4-9-15(16)18-12-6-10-14(18)13-7-2-1-3-8-13;19-21(20,14-5-2-1-3-6-14)17-18-12-4-7-15(18)13-8-10-16-11-9-13/h4-6,9-13H,1-3,7-8H2,(H2,17,19,20);1-12,17H. The van der Waals surface area contributed by atoms with E-state index in [4.69, 9.17) is 5.14 Å². The molecule has 3 heterocycles. The van der Waals surface area contributed by atoms with Gasteiger partial charge in [0.25, 0.3) is 10.0 Å². The summed E-state index contributed by atoms with van der Waals surface area (Å²) in [6.45, 7) is 0. The SMILES string of the molecule is NS(=O)(=O)c1ccccc1-n1cccc1C1CCCCC1.O=S(=O)(Nn1cccc1-c1ccncc1)c1ccccc1. The Hall–Kier alpha value is -4.19. The van der Waals surface area contributed by atoms with Gasteiger partial charge in [0.2, 0.25) is 10.0 Å². The number of benzene rings is 2. The molecule has 0 spiro atoms. The topological polar surface area (TPSA) is 129 Å². The van der Waals surface area contributed by atoms with E-state index in [1.807, 2.05) is 47.2 Å². The first kappa shape index (κ1) is 29.3. The van der Waals surface area contributed by atoms with Crippen molar-refractivity contribution < 1.29 is 16.8 Å². The third-order valence-electron chi connectivity index (χ3n) is 7.23. The van der Waals surface area contributed by atoms with Crippen molar-refractivity contribution >= 4 is 20.0 Å². The molecule has 1 saturated carbocycles. The van der Waals surface area contributed by atoms with Gasteiger partial charge in [0.1, 0.15) is 4.90 Å². The number of rotatable bonds is 7. The average molecular weight is 604 g/mol. The maximum absolute atomic E-state index is 12.3. The molecule has 0 bridgehead atoms. The highest BCUT2D eigenvalue weighted by Gasteiger charge is 2.22. The van der Waals surface area contributed by atoms with Gasteiger partial charge in [-0.1, -0.05) is 49.6 Å². The van der Waals surface area contributed by atoms with E-state index >= 15 is 0 Å². The van der Waals surface area contributed by atoms with Crippen molar-refractivity contribution in [3.05, 3.63) is 121 Å². The summed E-state index contributed by atoms with van der Waals surface area (Å²) >= 11 is 0. The Balaban J connectivity index is 0.000000168. The molecule has 0 unspecified atom stereocenters. The number of hydrogen-bond donors (Lipinski definition) is 2. The molecule has 1 aliphatic carbocycles. The van der Waals surface area contributed by atoms with Crippen molar-refractivity contribution in [2.75, 3.05) is 4.83 Å². The van der Waals surface area contributed by atoms with Gasteiger partial charge in [-0.15, -0.1) is 0 Å². The Labute approximate surface area is 246 Å². The van der Waals surface area contributed by atoms with Crippen molar-refractivity contribution in [3.8, 4) is 16.9 Å². The van der Waals surface area contributed by atoms with Crippen LogP contribution in [0.5, 0.6) is 0 Å². The lowest BCUT2D eigenvalue weighted by atomic mass is 9.87. The van der Waals surface area contributed by atoms with Crippen LogP contribution in [0.25, 0.3) is 16.9 Å². The van der Waals surface area contributed by atoms with E-state index < -0.39 is 20.0 Å². The molecule has 0 aliphatic heterocycles. The first-order valence-corrected chi connectivity index (χ1v) is 16.7. The fourth-order valence-corrected chi connectivity index (χ4v) is 7.01. The minimum Gasteiger partial charge on any atom is -0.319 e. The lowest BCUT2D eigenvalue weighted by molar-refractivity contribution is 0.433. The zero-order valence-electron chi connectivity index (χ0n) is 23.0. The van der Waals surface area contributed by atoms with E-state index in [1.54, 1.807) is 67.1 Å². The molecule has 3 N–H and O–H groups in total. The quantitative estimate of drug-likeness (QED) is 0.248. The monoisotopic (exact) mass is 603 g/mol. The maximum Gasteiger partial charge on any atom is 0.275 e. The van der Waals surface area contributed by atoms with E-state index in [0.717, 1.165) is 11.3 Å². The van der Waals surface area contributed by atoms with Crippen LogP contribution < -0.4 is 9.97 Å². The fourth-order valence-electron chi connectivity index (χ4n) is 5.24. The van der Waals surface area contributed by atoms with Crippen LogP contribution in [0.3, 0.4) is 0 Å². The molecule has 6 rings (SSSR count). The van der Waals surface area contributed by atoms with Gasteiger partial charge in [0, 0.05) is 36.0 Å². The number of para-hydroxylation sites is 1. The molecule has 218 valence electrons. The molecule has 11 heteroatoms. The van der Waals surface area contributed by atoms with Gasteiger partial charge in [-0.05, 0) is 79.4 Å². The zero-order chi connectivity index (χ0) is 29.6. The number of primary sulfonamides is 1. The van der Waals surface area contributed by atoms with Crippen molar-refractivity contribution in [2.45, 2.75) is 47.8 Å². The normalized spacial score (nSPS) is 14.1. The Morgan fingerprint density at radius 2 is 1.40 bits per heavy atom. The summed E-state index contributed by atoms with van der Waals surface area (Å²) in [6.07, 6.45) is 13.0. The van der Waals surface area contributed by atoms with Gasteiger partial charge in [-0.2, -0.15) is 8.42 Å². The van der Waals surface area contributed by atoms with Crippen LogP contribution in [0.15, 0.2) is 126 Å². The summed E-state index contributed by atoms with van der Waals surface area (Å²) in [5, 5.41) is 5.35. The van der Waals surface area contributed by atoms with Crippen LogP contribution >= 0.6 is 0 Å². The molecule has 5 aromatic rings. The number of aromatic nitrogens is 3. The van der Waals surface area contributed by atoms with Gasteiger partial charge in [0.15, 0.2) is 0 Å². The van der Waals surface area contributed by atoms with Crippen LogP contribution in [-0.2, 0) is 20.0 Å². The molecular weight excluding hydrogens is 571 g/mol. The predicted octanol–water partition coefficient (Wildman–Crippen LogP) is 5.65. The first-order valence-electron chi connectivity index (χ1n) is 13.7.